The summed E-state index contributed by atoms with van der Waals surface area (Å²) in [6, 6.07) is 12.7. The summed E-state index contributed by atoms with van der Waals surface area (Å²) in [5, 5.41) is 3.19. The molecular weight excluding hydrogens is 473 g/mol. The van der Waals surface area contributed by atoms with Crippen LogP contribution in [0.4, 0.5) is 5.69 Å². The first-order chi connectivity index (χ1) is 15.0. The second-order valence-corrected chi connectivity index (χ2v) is 10.1. The molecule has 174 valence electrons. The predicted octanol–water partition coefficient (Wildman–Crippen LogP) is 3.70. The molecule has 0 fully saturated rings. The number of halogens is 2. The molecule has 0 radical (unpaired) electrons. The number of nitrogens with one attached hydrogen (secondary N) is 1. The van der Waals surface area contributed by atoms with Crippen LogP contribution in [0.15, 0.2) is 48.5 Å². The maximum Gasteiger partial charge on any atom is 0.244 e. The Balaban J connectivity index is 2.39. The van der Waals surface area contributed by atoms with Crippen LogP contribution in [0.1, 0.15) is 25.8 Å². The van der Waals surface area contributed by atoms with Gasteiger partial charge in [-0.2, -0.15) is 0 Å². The third kappa shape index (κ3) is 7.12. The summed E-state index contributed by atoms with van der Waals surface area (Å²) in [7, 11) is -3.88. The molecule has 0 aliphatic carbocycles. The molecule has 0 bridgehead atoms. The Morgan fingerprint density at radius 2 is 1.75 bits per heavy atom. The summed E-state index contributed by atoms with van der Waals surface area (Å²) < 4.78 is 26.0. The highest BCUT2D eigenvalue weighted by atomic mass is 35.5. The molecule has 32 heavy (non-hydrogen) atoms. The Hall–Kier alpha value is -2.29. The van der Waals surface area contributed by atoms with Gasteiger partial charge in [0.15, 0.2) is 0 Å². The van der Waals surface area contributed by atoms with Crippen LogP contribution in [-0.4, -0.2) is 50.5 Å². The molecule has 0 saturated carbocycles. The molecule has 7 nitrogen and oxygen atoms in total. The van der Waals surface area contributed by atoms with Crippen LogP contribution in [0.5, 0.6) is 0 Å². The summed E-state index contributed by atoms with van der Waals surface area (Å²) in [4.78, 5) is 27.3. The van der Waals surface area contributed by atoms with Crippen LogP contribution in [-0.2, 0) is 26.2 Å². The molecule has 10 heteroatoms. The lowest BCUT2D eigenvalue weighted by atomic mass is 10.1. The molecule has 1 unspecified atom stereocenters. The van der Waals surface area contributed by atoms with Crippen molar-refractivity contribution in [3.05, 3.63) is 64.1 Å². The van der Waals surface area contributed by atoms with E-state index in [-0.39, 0.29) is 28.2 Å². The van der Waals surface area contributed by atoms with Crippen LogP contribution < -0.4 is 9.62 Å². The van der Waals surface area contributed by atoms with Gasteiger partial charge in [-0.05, 0) is 37.1 Å². The number of anilines is 1. The second-order valence-electron chi connectivity index (χ2n) is 7.34. The molecule has 0 saturated heterocycles. The zero-order valence-corrected chi connectivity index (χ0v) is 20.5. The van der Waals surface area contributed by atoms with Crippen molar-refractivity contribution in [2.75, 3.05) is 23.7 Å². The van der Waals surface area contributed by atoms with Gasteiger partial charge in [-0.1, -0.05) is 60.5 Å². The summed E-state index contributed by atoms with van der Waals surface area (Å²) in [5.41, 5.74) is 0.903. The fraction of sp³-hybridized carbons (Fsp3) is 0.364. The van der Waals surface area contributed by atoms with Gasteiger partial charge in [-0.15, -0.1) is 0 Å². The molecule has 2 rings (SSSR count). The van der Waals surface area contributed by atoms with Crippen molar-refractivity contribution >= 4 is 50.7 Å². The van der Waals surface area contributed by atoms with E-state index in [1.807, 2.05) is 37.3 Å². The Morgan fingerprint density at radius 3 is 2.34 bits per heavy atom. The van der Waals surface area contributed by atoms with Crippen molar-refractivity contribution in [2.45, 2.75) is 32.9 Å². The molecule has 2 amide bonds. The van der Waals surface area contributed by atoms with Gasteiger partial charge in [0, 0.05) is 18.1 Å². The number of benzene rings is 2. The lowest BCUT2D eigenvalue weighted by Crippen LogP contribution is -2.51. The van der Waals surface area contributed by atoms with Crippen LogP contribution >= 0.6 is 23.2 Å². The number of hydrogen-bond acceptors (Lipinski definition) is 4. The number of rotatable bonds is 10. The topological polar surface area (TPSA) is 86.8 Å². The fourth-order valence-electron chi connectivity index (χ4n) is 3.03. The summed E-state index contributed by atoms with van der Waals surface area (Å²) in [6.07, 6.45) is 1.73. The van der Waals surface area contributed by atoms with Crippen molar-refractivity contribution < 1.29 is 18.0 Å². The number of nitrogens with zero attached hydrogens (tertiary/aromatic N) is 2. The molecule has 0 spiro atoms. The molecule has 0 aromatic heterocycles. The molecule has 2 aromatic rings. The van der Waals surface area contributed by atoms with Gasteiger partial charge < -0.3 is 10.2 Å². The minimum atomic E-state index is -3.88. The third-order valence-electron chi connectivity index (χ3n) is 4.77. The maximum absolute atomic E-state index is 13.4. The van der Waals surface area contributed by atoms with Crippen molar-refractivity contribution in [3.63, 3.8) is 0 Å². The van der Waals surface area contributed by atoms with Crippen LogP contribution in [0.2, 0.25) is 10.0 Å². The van der Waals surface area contributed by atoms with E-state index in [4.69, 9.17) is 23.2 Å². The number of carbonyl (C=O) groups excluding carboxylic acids is 2. The van der Waals surface area contributed by atoms with E-state index in [1.54, 1.807) is 6.92 Å². The molecule has 1 N–H and O–H groups in total. The summed E-state index contributed by atoms with van der Waals surface area (Å²) in [5.74, 6) is -0.864. The van der Waals surface area contributed by atoms with Crippen LogP contribution in [0.3, 0.4) is 0 Å². The van der Waals surface area contributed by atoms with Crippen LogP contribution in [0, 0.1) is 0 Å². The molecule has 2 aromatic carbocycles. The molecule has 0 aliphatic rings. The standard InChI is InChI=1S/C22H27Cl2N3O4S/c1-4-12-25-22(29)16(2)26(14-17-8-6-5-7-9-17)21(28)15-27(32(3,30)31)20-13-18(23)10-11-19(20)24/h5-11,13,16H,4,12,14-15H2,1-3H3,(H,25,29). The zero-order valence-electron chi connectivity index (χ0n) is 18.2. The lowest BCUT2D eigenvalue weighted by molar-refractivity contribution is -0.139. The van der Waals surface area contributed by atoms with Gasteiger partial charge in [-0.3, -0.25) is 13.9 Å². The minimum Gasteiger partial charge on any atom is -0.354 e. The van der Waals surface area contributed by atoms with E-state index < -0.39 is 28.5 Å². The summed E-state index contributed by atoms with van der Waals surface area (Å²) >= 11 is 12.2. The average Bonchev–Trinajstić information content (AvgIpc) is 2.75. The first-order valence-electron chi connectivity index (χ1n) is 10.1. The fourth-order valence-corrected chi connectivity index (χ4v) is 4.32. The van der Waals surface area contributed by atoms with Gasteiger partial charge >= 0.3 is 0 Å². The van der Waals surface area contributed by atoms with Gasteiger partial charge in [0.2, 0.25) is 21.8 Å². The van der Waals surface area contributed by atoms with E-state index >= 15 is 0 Å². The van der Waals surface area contributed by atoms with Gasteiger partial charge in [0.25, 0.3) is 0 Å². The third-order valence-corrected chi connectivity index (χ3v) is 6.45. The predicted molar refractivity (Wildman–Crippen MR) is 128 cm³/mol. The smallest absolute Gasteiger partial charge is 0.244 e. The largest absolute Gasteiger partial charge is 0.354 e. The van der Waals surface area contributed by atoms with Crippen molar-refractivity contribution in [3.8, 4) is 0 Å². The number of carbonyl (C=O) groups is 2. The van der Waals surface area contributed by atoms with Crippen molar-refractivity contribution in [1.82, 2.24) is 10.2 Å². The Labute approximate surface area is 199 Å². The van der Waals surface area contributed by atoms with Crippen molar-refractivity contribution in [2.24, 2.45) is 0 Å². The Kier molecular flexibility index (Phi) is 9.36. The summed E-state index contributed by atoms with van der Waals surface area (Å²) in [6.45, 7) is 3.63. The van der Waals surface area contributed by atoms with E-state index in [0.717, 1.165) is 22.5 Å². The lowest BCUT2D eigenvalue weighted by Gasteiger charge is -2.31. The monoisotopic (exact) mass is 499 g/mol. The Bertz CT molecular complexity index is 1050. The maximum atomic E-state index is 13.4. The van der Waals surface area contributed by atoms with Crippen molar-refractivity contribution in [1.29, 1.82) is 0 Å². The second kappa shape index (κ2) is 11.5. The highest BCUT2D eigenvalue weighted by molar-refractivity contribution is 7.92. The van der Waals surface area contributed by atoms with Gasteiger partial charge in [-0.25, -0.2) is 8.42 Å². The van der Waals surface area contributed by atoms with E-state index in [2.05, 4.69) is 5.32 Å². The van der Waals surface area contributed by atoms with E-state index in [0.29, 0.717) is 6.54 Å². The quantitative estimate of drug-likeness (QED) is 0.539. The number of hydrogen-bond donors (Lipinski definition) is 1. The number of sulfonamides is 1. The molecule has 0 heterocycles. The molecule has 0 aliphatic heterocycles. The van der Waals surface area contributed by atoms with E-state index in [1.165, 1.54) is 23.1 Å². The van der Waals surface area contributed by atoms with E-state index in [9.17, 15) is 18.0 Å². The first kappa shape index (κ1) is 26.0. The molecular formula is C22H27Cl2N3O4S. The zero-order chi connectivity index (χ0) is 23.9. The highest BCUT2D eigenvalue weighted by Gasteiger charge is 2.30. The SMILES string of the molecule is CCCNC(=O)C(C)N(Cc1ccccc1)C(=O)CN(c1cc(Cl)ccc1Cl)S(C)(=O)=O. The van der Waals surface area contributed by atoms with Gasteiger partial charge in [0.05, 0.1) is 17.0 Å². The first-order valence-corrected chi connectivity index (χ1v) is 12.7. The molecule has 1 atom stereocenters. The normalized spacial score (nSPS) is 12.2. The minimum absolute atomic E-state index is 0.0952. The van der Waals surface area contributed by atoms with Gasteiger partial charge in [0.1, 0.15) is 12.6 Å². The van der Waals surface area contributed by atoms with Crippen LogP contribution in [0.25, 0.3) is 0 Å². The number of amides is 2. The average molecular weight is 500 g/mol. The highest BCUT2D eigenvalue weighted by Crippen LogP contribution is 2.30. The Morgan fingerprint density at radius 1 is 1.09 bits per heavy atom.